The van der Waals surface area contributed by atoms with Crippen LogP contribution in [-0.2, 0) is 19.0 Å². The summed E-state index contributed by atoms with van der Waals surface area (Å²) >= 11 is 0. The van der Waals surface area contributed by atoms with E-state index in [1.807, 2.05) is 0 Å². The lowest BCUT2D eigenvalue weighted by molar-refractivity contribution is 0.0278. The van der Waals surface area contributed by atoms with E-state index in [2.05, 4.69) is 5.32 Å². The Kier molecular flexibility index (Phi) is 3.55. The van der Waals surface area contributed by atoms with Crippen molar-refractivity contribution in [3.05, 3.63) is 29.8 Å². The van der Waals surface area contributed by atoms with Crippen LogP contribution in [0.4, 0.5) is 0 Å². The van der Waals surface area contributed by atoms with E-state index in [9.17, 15) is 13.5 Å². The van der Waals surface area contributed by atoms with Crippen molar-refractivity contribution in [2.24, 2.45) is 0 Å². The summed E-state index contributed by atoms with van der Waals surface area (Å²) in [6.45, 7) is 2.27. The quantitative estimate of drug-likeness (QED) is 0.752. The van der Waals surface area contributed by atoms with Gasteiger partial charge in [0.25, 0.3) is 10.1 Å². The number of aliphatic hydroxyl groups excluding tert-OH is 1. The molecule has 20 heavy (non-hydrogen) atoms. The molecule has 2 aliphatic rings. The van der Waals surface area contributed by atoms with Crippen LogP contribution in [0.25, 0.3) is 0 Å². The van der Waals surface area contributed by atoms with Gasteiger partial charge in [-0.3, -0.25) is 4.18 Å². The molecule has 0 saturated carbocycles. The van der Waals surface area contributed by atoms with Crippen LogP contribution in [0.2, 0.25) is 0 Å². The van der Waals surface area contributed by atoms with Gasteiger partial charge in [0, 0.05) is 6.54 Å². The number of nitrogens with one attached hydrogen (secondary N) is 1. The molecule has 0 spiro atoms. The summed E-state index contributed by atoms with van der Waals surface area (Å²) in [5, 5.41) is 12.7. The molecule has 7 heteroatoms. The molecule has 110 valence electrons. The molecule has 2 heterocycles. The van der Waals surface area contributed by atoms with Crippen molar-refractivity contribution < 1.29 is 22.4 Å². The SMILES string of the molecule is Cc1ccccc1S(=O)(=O)OC1CNC2C(O)CO[C@H]12. The van der Waals surface area contributed by atoms with Crippen LogP contribution in [0.5, 0.6) is 0 Å². The fourth-order valence-electron chi connectivity index (χ4n) is 2.74. The number of fused-ring (bicyclic) bond motifs is 1. The van der Waals surface area contributed by atoms with E-state index < -0.39 is 28.4 Å². The van der Waals surface area contributed by atoms with Crippen LogP contribution in [0.15, 0.2) is 29.2 Å². The highest BCUT2D eigenvalue weighted by Crippen LogP contribution is 2.27. The van der Waals surface area contributed by atoms with Gasteiger partial charge in [-0.2, -0.15) is 8.42 Å². The molecule has 3 unspecified atom stereocenters. The van der Waals surface area contributed by atoms with Crippen molar-refractivity contribution in [1.82, 2.24) is 5.32 Å². The van der Waals surface area contributed by atoms with Crippen LogP contribution in [0.3, 0.4) is 0 Å². The first kappa shape index (κ1) is 14.0. The molecule has 0 radical (unpaired) electrons. The standard InChI is InChI=1S/C13H17NO5S/c1-8-4-2-3-5-11(8)20(16,17)19-10-6-14-12-9(15)7-18-13(10)12/h2-5,9-10,12-15H,6-7H2,1H3/t9?,10?,12?,13-/m1/s1. The fourth-order valence-corrected chi connectivity index (χ4v) is 4.05. The molecule has 3 rings (SSSR count). The van der Waals surface area contributed by atoms with E-state index in [4.69, 9.17) is 8.92 Å². The summed E-state index contributed by atoms with van der Waals surface area (Å²) in [6.07, 6.45) is -1.65. The summed E-state index contributed by atoms with van der Waals surface area (Å²) in [5.41, 5.74) is 0.641. The highest BCUT2D eigenvalue weighted by Gasteiger charge is 2.48. The second-order valence-electron chi connectivity index (χ2n) is 5.15. The zero-order chi connectivity index (χ0) is 14.3. The van der Waals surface area contributed by atoms with Crippen molar-refractivity contribution in [1.29, 1.82) is 0 Å². The topological polar surface area (TPSA) is 84.9 Å². The predicted octanol–water partition coefficient (Wildman–Crippen LogP) is -0.200. The smallest absolute Gasteiger partial charge is 0.297 e. The molecular formula is C13H17NO5S. The summed E-state index contributed by atoms with van der Waals surface area (Å²) in [7, 11) is -3.83. The second-order valence-corrected chi connectivity index (χ2v) is 6.69. The Hall–Kier alpha value is -0.990. The van der Waals surface area contributed by atoms with Gasteiger partial charge < -0.3 is 15.2 Å². The minimum Gasteiger partial charge on any atom is -0.389 e. The highest BCUT2D eigenvalue weighted by atomic mass is 32.2. The fraction of sp³-hybridized carbons (Fsp3) is 0.538. The largest absolute Gasteiger partial charge is 0.389 e. The normalized spacial score (nSPS) is 33.3. The number of hydrogen-bond acceptors (Lipinski definition) is 6. The molecule has 0 aliphatic carbocycles. The van der Waals surface area contributed by atoms with Gasteiger partial charge in [-0.25, -0.2) is 0 Å². The first-order chi connectivity index (χ1) is 9.49. The lowest BCUT2D eigenvalue weighted by Gasteiger charge is -2.17. The van der Waals surface area contributed by atoms with Gasteiger partial charge in [0.15, 0.2) is 0 Å². The molecule has 1 aromatic rings. The maximum atomic E-state index is 12.3. The van der Waals surface area contributed by atoms with Crippen molar-refractivity contribution in [2.75, 3.05) is 13.2 Å². The lowest BCUT2D eigenvalue weighted by Crippen LogP contribution is -2.37. The van der Waals surface area contributed by atoms with E-state index in [1.54, 1.807) is 25.1 Å². The van der Waals surface area contributed by atoms with E-state index in [0.29, 0.717) is 12.1 Å². The van der Waals surface area contributed by atoms with Crippen LogP contribution in [0.1, 0.15) is 5.56 Å². The van der Waals surface area contributed by atoms with Crippen molar-refractivity contribution in [3.63, 3.8) is 0 Å². The third-order valence-corrected chi connectivity index (χ3v) is 5.26. The Morgan fingerprint density at radius 1 is 1.40 bits per heavy atom. The van der Waals surface area contributed by atoms with E-state index in [-0.39, 0.29) is 17.5 Å². The average Bonchev–Trinajstić information content (AvgIpc) is 2.94. The Bertz CT molecular complexity index is 603. The molecule has 2 N–H and O–H groups in total. The zero-order valence-electron chi connectivity index (χ0n) is 11.0. The van der Waals surface area contributed by atoms with Gasteiger partial charge in [0.2, 0.25) is 0 Å². The van der Waals surface area contributed by atoms with E-state index in [1.165, 1.54) is 6.07 Å². The summed E-state index contributed by atoms with van der Waals surface area (Å²) in [5.74, 6) is 0. The van der Waals surface area contributed by atoms with Gasteiger partial charge in [-0.15, -0.1) is 0 Å². The van der Waals surface area contributed by atoms with Gasteiger partial charge in [-0.1, -0.05) is 18.2 Å². The Balaban J connectivity index is 1.80. The molecule has 4 atom stereocenters. The highest BCUT2D eigenvalue weighted by molar-refractivity contribution is 7.86. The molecule has 2 saturated heterocycles. The minimum absolute atomic E-state index is 0.169. The maximum Gasteiger partial charge on any atom is 0.297 e. The van der Waals surface area contributed by atoms with Gasteiger partial charge in [0.05, 0.1) is 23.6 Å². The zero-order valence-corrected chi connectivity index (χ0v) is 11.8. The van der Waals surface area contributed by atoms with Crippen molar-refractivity contribution >= 4 is 10.1 Å². The maximum absolute atomic E-state index is 12.3. The predicted molar refractivity (Wildman–Crippen MR) is 70.8 cm³/mol. The van der Waals surface area contributed by atoms with Crippen LogP contribution in [0, 0.1) is 6.92 Å². The molecule has 1 aromatic carbocycles. The average molecular weight is 299 g/mol. The summed E-state index contributed by atoms with van der Waals surface area (Å²) < 4.78 is 35.3. The van der Waals surface area contributed by atoms with E-state index in [0.717, 1.165) is 0 Å². The number of hydrogen-bond donors (Lipinski definition) is 2. The van der Waals surface area contributed by atoms with Gasteiger partial charge in [-0.05, 0) is 18.6 Å². The number of ether oxygens (including phenoxy) is 1. The number of benzene rings is 1. The van der Waals surface area contributed by atoms with Crippen LogP contribution in [-0.4, -0.2) is 51.0 Å². The van der Waals surface area contributed by atoms with Crippen molar-refractivity contribution in [3.8, 4) is 0 Å². The summed E-state index contributed by atoms with van der Waals surface area (Å²) in [4.78, 5) is 0.169. The molecule has 2 fully saturated rings. The van der Waals surface area contributed by atoms with Gasteiger partial charge in [0.1, 0.15) is 12.2 Å². The molecule has 0 bridgehead atoms. The first-order valence-corrected chi connectivity index (χ1v) is 7.92. The number of rotatable bonds is 3. The Morgan fingerprint density at radius 3 is 2.90 bits per heavy atom. The monoisotopic (exact) mass is 299 g/mol. The molecular weight excluding hydrogens is 282 g/mol. The third-order valence-electron chi connectivity index (χ3n) is 3.76. The summed E-state index contributed by atoms with van der Waals surface area (Å²) in [6, 6.07) is 6.43. The van der Waals surface area contributed by atoms with E-state index >= 15 is 0 Å². The van der Waals surface area contributed by atoms with Crippen LogP contribution >= 0.6 is 0 Å². The first-order valence-electron chi connectivity index (χ1n) is 6.51. The molecule has 0 aromatic heterocycles. The van der Waals surface area contributed by atoms with Crippen molar-refractivity contribution in [2.45, 2.75) is 36.2 Å². The third kappa shape index (κ3) is 2.36. The number of aliphatic hydroxyl groups is 1. The molecule has 0 amide bonds. The number of aryl methyl sites for hydroxylation is 1. The minimum atomic E-state index is -3.83. The van der Waals surface area contributed by atoms with Gasteiger partial charge >= 0.3 is 0 Å². The Morgan fingerprint density at radius 2 is 2.15 bits per heavy atom. The molecule has 2 aliphatic heterocycles. The second kappa shape index (κ2) is 5.09. The van der Waals surface area contributed by atoms with Crippen LogP contribution < -0.4 is 5.32 Å². The molecule has 6 nitrogen and oxygen atoms in total. The lowest BCUT2D eigenvalue weighted by atomic mass is 10.1. The Labute approximate surface area is 117 Å².